The van der Waals surface area contributed by atoms with Gasteiger partial charge in [0.15, 0.2) is 17.5 Å². The van der Waals surface area contributed by atoms with Crippen LogP contribution in [0.25, 0.3) is 78.4 Å². The lowest BCUT2D eigenvalue weighted by atomic mass is 9.66. The van der Waals surface area contributed by atoms with Crippen LogP contribution in [0.2, 0.25) is 0 Å². The van der Waals surface area contributed by atoms with E-state index in [4.69, 9.17) is 19.9 Å². The zero-order valence-corrected chi connectivity index (χ0v) is 33.4. The van der Waals surface area contributed by atoms with Crippen molar-refractivity contribution in [2.75, 3.05) is 0 Å². The lowest BCUT2D eigenvalue weighted by Crippen LogP contribution is -2.32. The molecule has 11 rings (SSSR count). The number of hydrogen-bond donors (Lipinski definition) is 0. The van der Waals surface area contributed by atoms with Crippen LogP contribution in [0.15, 0.2) is 223 Å². The number of hydrogen-bond acceptors (Lipinski definition) is 5. The third-order valence-electron chi connectivity index (χ3n) is 11.8. The SMILES string of the molecule is C=CC1=C(C=C)C2(c3ccccc3S1)c1cc(-c3cccc(-c4nc(-c5ccccc5)nc(-c5ccccc5)n4)c3)ccc1-c1ccc(-c3cccc4cccnc34)cc12. The molecule has 7 aromatic carbocycles. The Hall–Kier alpha value is -7.47. The molecule has 0 saturated carbocycles. The van der Waals surface area contributed by atoms with Crippen LogP contribution in [0.4, 0.5) is 0 Å². The fourth-order valence-electron chi connectivity index (χ4n) is 9.14. The molecule has 0 amide bonds. The predicted octanol–water partition coefficient (Wildman–Crippen LogP) is 13.8. The smallest absolute Gasteiger partial charge is 0.164 e. The molecule has 1 unspecified atom stereocenters. The van der Waals surface area contributed by atoms with E-state index < -0.39 is 5.41 Å². The Morgan fingerprint density at radius 3 is 1.70 bits per heavy atom. The summed E-state index contributed by atoms with van der Waals surface area (Å²) in [6, 6.07) is 62.0. The number of benzene rings is 7. The Morgan fingerprint density at radius 1 is 0.433 bits per heavy atom. The Morgan fingerprint density at radius 2 is 1.00 bits per heavy atom. The van der Waals surface area contributed by atoms with Crippen molar-refractivity contribution in [3.05, 3.63) is 235 Å². The first-order valence-corrected chi connectivity index (χ1v) is 20.8. The maximum atomic E-state index is 5.05. The average molecular weight is 785 g/mol. The minimum absolute atomic E-state index is 0.621. The summed E-state index contributed by atoms with van der Waals surface area (Å²) in [5.41, 5.74) is 14.7. The topological polar surface area (TPSA) is 51.6 Å². The Balaban J connectivity index is 1.12. The van der Waals surface area contributed by atoms with Gasteiger partial charge in [0.05, 0.1) is 10.9 Å². The van der Waals surface area contributed by atoms with E-state index in [1.54, 1.807) is 11.8 Å². The van der Waals surface area contributed by atoms with Crippen molar-refractivity contribution in [1.29, 1.82) is 0 Å². The van der Waals surface area contributed by atoms with E-state index in [1.165, 1.54) is 32.7 Å². The van der Waals surface area contributed by atoms with Gasteiger partial charge in [0.2, 0.25) is 0 Å². The monoisotopic (exact) mass is 784 g/mol. The summed E-state index contributed by atoms with van der Waals surface area (Å²) in [7, 11) is 0. The number of fused-ring (bicyclic) bond motifs is 8. The molecule has 2 aliphatic rings. The lowest BCUT2D eigenvalue weighted by Gasteiger charge is -2.40. The van der Waals surface area contributed by atoms with Crippen molar-refractivity contribution in [1.82, 2.24) is 19.9 Å². The van der Waals surface area contributed by atoms with Gasteiger partial charge in [-0.2, -0.15) is 0 Å². The second-order valence-electron chi connectivity index (χ2n) is 15.1. The van der Waals surface area contributed by atoms with Gasteiger partial charge in [-0.1, -0.05) is 183 Å². The van der Waals surface area contributed by atoms with Gasteiger partial charge in [-0.25, -0.2) is 15.0 Å². The molecule has 9 aromatic rings. The number of pyridine rings is 1. The Kier molecular flexibility index (Phi) is 8.57. The number of aromatic nitrogens is 4. The molecule has 282 valence electrons. The third kappa shape index (κ3) is 5.62. The predicted molar refractivity (Wildman–Crippen MR) is 247 cm³/mol. The number of nitrogens with zero attached hydrogens (tertiary/aromatic N) is 4. The molecule has 60 heavy (non-hydrogen) atoms. The van der Waals surface area contributed by atoms with Gasteiger partial charge < -0.3 is 0 Å². The zero-order valence-electron chi connectivity index (χ0n) is 32.6. The molecule has 0 N–H and O–H groups in total. The molecule has 0 bridgehead atoms. The van der Waals surface area contributed by atoms with E-state index in [2.05, 4.69) is 122 Å². The first-order chi connectivity index (χ1) is 29.6. The van der Waals surface area contributed by atoms with Crippen molar-refractivity contribution in [2.24, 2.45) is 0 Å². The van der Waals surface area contributed by atoms with Crippen LogP contribution in [-0.4, -0.2) is 19.9 Å². The van der Waals surface area contributed by atoms with Crippen molar-refractivity contribution in [3.8, 4) is 67.5 Å². The van der Waals surface area contributed by atoms with E-state index in [0.29, 0.717) is 17.5 Å². The molecule has 1 aliphatic carbocycles. The minimum atomic E-state index is -0.650. The third-order valence-corrected chi connectivity index (χ3v) is 13.0. The van der Waals surface area contributed by atoms with Crippen LogP contribution in [0.3, 0.4) is 0 Å². The highest BCUT2D eigenvalue weighted by atomic mass is 32.2. The van der Waals surface area contributed by atoms with Crippen LogP contribution < -0.4 is 0 Å². The van der Waals surface area contributed by atoms with E-state index in [1.807, 2.05) is 85.1 Å². The zero-order chi connectivity index (χ0) is 40.2. The summed E-state index contributed by atoms with van der Waals surface area (Å²) >= 11 is 1.76. The number of para-hydroxylation sites is 1. The van der Waals surface area contributed by atoms with Crippen molar-refractivity contribution >= 4 is 22.7 Å². The van der Waals surface area contributed by atoms with Crippen molar-refractivity contribution in [2.45, 2.75) is 10.3 Å². The second-order valence-corrected chi connectivity index (χ2v) is 16.1. The highest BCUT2D eigenvalue weighted by Crippen LogP contribution is 2.63. The maximum Gasteiger partial charge on any atom is 0.164 e. The summed E-state index contributed by atoms with van der Waals surface area (Å²) in [5, 5.41) is 1.12. The molecule has 3 heterocycles. The minimum Gasteiger partial charge on any atom is -0.256 e. The van der Waals surface area contributed by atoms with Gasteiger partial charge in [0.1, 0.15) is 0 Å². The molecule has 0 fully saturated rings. The molecule has 4 nitrogen and oxygen atoms in total. The number of allylic oxidation sites excluding steroid dienone is 3. The van der Waals surface area contributed by atoms with Gasteiger partial charge >= 0.3 is 0 Å². The Bertz CT molecular complexity index is 3160. The van der Waals surface area contributed by atoms with Crippen molar-refractivity contribution < 1.29 is 0 Å². The molecule has 5 heteroatoms. The molecule has 0 saturated heterocycles. The summed E-state index contributed by atoms with van der Waals surface area (Å²) in [4.78, 5) is 22.2. The molecule has 2 aromatic heterocycles. The number of rotatable bonds is 7. The van der Waals surface area contributed by atoms with Crippen LogP contribution in [0, 0.1) is 0 Å². The van der Waals surface area contributed by atoms with E-state index in [9.17, 15) is 0 Å². The summed E-state index contributed by atoms with van der Waals surface area (Å²) in [5.74, 6) is 1.89. The average Bonchev–Trinajstić information content (AvgIpc) is 3.60. The van der Waals surface area contributed by atoms with E-state index in [0.717, 1.165) is 60.3 Å². The van der Waals surface area contributed by atoms with Gasteiger partial charge in [-0.05, 0) is 80.4 Å². The molecule has 0 radical (unpaired) electrons. The molecular formula is C55H36N4S. The molecular weight excluding hydrogens is 749 g/mol. The molecule has 1 atom stereocenters. The molecule has 1 aliphatic heterocycles. The van der Waals surface area contributed by atoms with Gasteiger partial charge in [0, 0.05) is 43.6 Å². The van der Waals surface area contributed by atoms with Gasteiger partial charge in [-0.15, -0.1) is 0 Å². The van der Waals surface area contributed by atoms with Crippen LogP contribution in [-0.2, 0) is 5.41 Å². The largest absolute Gasteiger partial charge is 0.256 e. The standard InChI is InChI=1S/C55H36N4S/c1-3-45-49(4-2)60-50-26-12-11-25-46(50)55(45)47-33-39(27-29-43(47)44-30-28-40(34-48(44)55)42-24-14-20-35-23-15-31-56-51(35)42)38-21-13-22-41(32-38)54-58-52(36-16-7-5-8-17-36)57-53(59-54)37-18-9-6-10-19-37/h3-34H,1-2H2. The highest BCUT2D eigenvalue weighted by molar-refractivity contribution is 8.03. The van der Waals surface area contributed by atoms with E-state index >= 15 is 0 Å². The summed E-state index contributed by atoms with van der Waals surface area (Å²) in [6.07, 6.45) is 5.92. The maximum absolute atomic E-state index is 5.05. The fraction of sp³-hybridized carbons (Fsp3) is 0.0182. The second kappa shape index (κ2) is 14.4. The van der Waals surface area contributed by atoms with Crippen LogP contribution >= 0.6 is 11.8 Å². The first kappa shape index (κ1) is 35.7. The first-order valence-electron chi connectivity index (χ1n) is 20.0. The highest BCUT2D eigenvalue weighted by Gasteiger charge is 2.50. The van der Waals surface area contributed by atoms with Crippen molar-refractivity contribution in [3.63, 3.8) is 0 Å². The lowest BCUT2D eigenvalue weighted by molar-refractivity contribution is 0.742. The van der Waals surface area contributed by atoms with Crippen LogP contribution in [0.5, 0.6) is 0 Å². The Labute approximate surface area is 353 Å². The summed E-state index contributed by atoms with van der Waals surface area (Å²) in [6.45, 7) is 8.80. The fourth-order valence-corrected chi connectivity index (χ4v) is 10.3. The summed E-state index contributed by atoms with van der Waals surface area (Å²) < 4.78 is 0. The molecule has 1 spiro atoms. The van der Waals surface area contributed by atoms with Crippen LogP contribution in [0.1, 0.15) is 16.7 Å². The normalized spacial score (nSPS) is 15.1. The van der Waals surface area contributed by atoms with Gasteiger partial charge in [-0.3, -0.25) is 4.98 Å². The number of thioether (sulfide) groups is 1. The quantitative estimate of drug-likeness (QED) is 0.161. The van der Waals surface area contributed by atoms with E-state index in [-0.39, 0.29) is 0 Å². The van der Waals surface area contributed by atoms with Gasteiger partial charge in [0.25, 0.3) is 0 Å².